The number of rotatable bonds is 5. The molecule has 2 rings (SSSR count). The molecule has 0 fully saturated rings. The van der Waals surface area contributed by atoms with Gasteiger partial charge in [-0.3, -0.25) is 9.59 Å². The van der Waals surface area contributed by atoms with E-state index in [1.54, 1.807) is 13.8 Å². The van der Waals surface area contributed by atoms with Crippen molar-refractivity contribution in [2.45, 2.75) is 26.2 Å². The predicted molar refractivity (Wildman–Crippen MR) is 80.0 cm³/mol. The highest BCUT2D eigenvalue weighted by Gasteiger charge is 2.16. The Balaban J connectivity index is 2.36. The number of hydrogen-bond donors (Lipinski definition) is 0. The van der Waals surface area contributed by atoms with Crippen molar-refractivity contribution in [2.75, 3.05) is 0 Å². The molecule has 20 heavy (non-hydrogen) atoms. The summed E-state index contributed by atoms with van der Waals surface area (Å²) in [5.74, 6) is 0.267. The smallest absolute Gasteiger partial charge is 0.159 e. The monoisotopic (exact) mass is 266 g/mol. The van der Waals surface area contributed by atoms with E-state index >= 15 is 0 Å². The summed E-state index contributed by atoms with van der Waals surface area (Å²) in [5, 5.41) is 0. The fourth-order valence-electron chi connectivity index (χ4n) is 2.35. The van der Waals surface area contributed by atoms with Crippen LogP contribution in [-0.4, -0.2) is 11.6 Å². The highest BCUT2D eigenvalue weighted by atomic mass is 16.1. The van der Waals surface area contributed by atoms with Gasteiger partial charge in [0.2, 0.25) is 0 Å². The van der Waals surface area contributed by atoms with Crippen LogP contribution in [-0.2, 0) is 4.79 Å². The summed E-state index contributed by atoms with van der Waals surface area (Å²) >= 11 is 0. The zero-order valence-corrected chi connectivity index (χ0v) is 11.8. The minimum atomic E-state index is 0.0507. The molecule has 102 valence electrons. The molecule has 1 atom stereocenters. The Morgan fingerprint density at radius 2 is 1.40 bits per heavy atom. The molecule has 0 aromatic heterocycles. The van der Waals surface area contributed by atoms with Crippen molar-refractivity contribution in [1.82, 2.24) is 0 Å². The van der Waals surface area contributed by atoms with Gasteiger partial charge < -0.3 is 0 Å². The number of carbonyl (C=O) groups is 2. The molecule has 0 saturated heterocycles. The molecule has 0 amide bonds. The predicted octanol–water partition coefficient (Wildman–Crippen LogP) is 4.00. The van der Waals surface area contributed by atoms with E-state index in [9.17, 15) is 9.59 Å². The topological polar surface area (TPSA) is 34.1 Å². The second kappa shape index (κ2) is 6.29. The third-order valence-electron chi connectivity index (χ3n) is 3.41. The second-order valence-corrected chi connectivity index (χ2v) is 5.05. The standard InChI is InChI=1S/C18H18O2/c1-13(19)12-18(16-6-4-3-5-7-16)17-10-8-15(9-11-17)14(2)20/h3-11,18H,12H2,1-2H3. The van der Waals surface area contributed by atoms with Gasteiger partial charge in [0.05, 0.1) is 0 Å². The lowest BCUT2D eigenvalue weighted by molar-refractivity contribution is -0.117. The van der Waals surface area contributed by atoms with E-state index in [-0.39, 0.29) is 17.5 Å². The van der Waals surface area contributed by atoms with Gasteiger partial charge in [-0.1, -0.05) is 54.6 Å². The molecule has 0 N–H and O–H groups in total. The molecule has 0 aliphatic rings. The molecule has 0 aliphatic carbocycles. The number of ketones is 2. The summed E-state index contributed by atoms with van der Waals surface area (Å²) in [4.78, 5) is 22.8. The van der Waals surface area contributed by atoms with Crippen LogP contribution in [0.2, 0.25) is 0 Å². The number of Topliss-reactive ketones (excluding diaryl/α,β-unsaturated/α-hetero) is 2. The molecule has 2 heteroatoms. The first-order valence-corrected chi connectivity index (χ1v) is 6.73. The van der Waals surface area contributed by atoms with Gasteiger partial charge in [-0.25, -0.2) is 0 Å². The summed E-state index contributed by atoms with van der Waals surface area (Å²) in [6.07, 6.45) is 0.476. The van der Waals surface area contributed by atoms with Gasteiger partial charge in [-0.05, 0) is 25.0 Å². The van der Waals surface area contributed by atoms with Crippen molar-refractivity contribution in [1.29, 1.82) is 0 Å². The Bertz CT molecular complexity index is 597. The van der Waals surface area contributed by atoms with E-state index in [0.29, 0.717) is 12.0 Å². The third kappa shape index (κ3) is 3.41. The molecule has 2 aromatic carbocycles. The number of hydrogen-bond acceptors (Lipinski definition) is 2. The van der Waals surface area contributed by atoms with Crippen LogP contribution >= 0.6 is 0 Å². The number of benzene rings is 2. The summed E-state index contributed by atoms with van der Waals surface area (Å²) < 4.78 is 0. The first-order chi connectivity index (χ1) is 9.58. The van der Waals surface area contributed by atoms with Crippen molar-refractivity contribution < 1.29 is 9.59 Å². The summed E-state index contributed by atoms with van der Waals surface area (Å²) in [6.45, 7) is 3.17. The quantitative estimate of drug-likeness (QED) is 0.766. The summed E-state index contributed by atoms with van der Waals surface area (Å²) in [7, 11) is 0. The van der Waals surface area contributed by atoms with Crippen LogP contribution in [0.25, 0.3) is 0 Å². The zero-order valence-electron chi connectivity index (χ0n) is 11.8. The average molecular weight is 266 g/mol. The molecule has 0 bridgehead atoms. The van der Waals surface area contributed by atoms with E-state index in [1.165, 1.54) is 0 Å². The zero-order chi connectivity index (χ0) is 14.5. The highest BCUT2D eigenvalue weighted by molar-refractivity contribution is 5.94. The molecule has 0 aliphatic heterocycles. The Morgan fingerprint density at radius 1 is 0.850 bits per heavy atom. The molecule has 0 radical (unpaired) electrons. The first-order valence-electron chi connectivity index (χ1n) is 6.73. The van der Waals surface area contributed by atoms with E-state index in [2.05, 4.69) is 0 Å². The number of carbonyl (C=O) groups excluding carboxylic acids is 2. The molecular weight excluding hydrogens is 248 g/mol. The lowest BCUT2D eigenvalue weighted by Gasteiger charge is -2.17. The largest absolute Gasteiger partial charge is 0.300 e. The van der Waals surface area contributed by atoms with Crippen molar-refractivity contribution in [2.24, 2.45) is 0 Å². The van der Waals surface area contributed by atoms with Crippen LogP contribution in [0.4, 0.5) is 0 Å². The van der Waals surface area contributed by atoms with Crippen LogP contribution in [0.3, 0.4) is 0 Å². The van der Waals surface area contributed by atoms with E-state index in [0.717, 1.165) is 11.1 Å². The van der Waals surface area contributed by atoms with Crippen molar-refractivity contribution in [3.63, 3.8) is 0 Å². The normalized spacial score (nSPS) is 11.9. The minimum Gasteiger partial charge on any atom is -0.300 e. The maximum Gasteiger partial charge on any atom is 0.159 e. The fourth-order valence-corrected chi connectivity index (χ4v) is 2.35. The maximum atomic E-state index is 11.5. The van der Waals surface area contributed by atoms with Crippen LogP contribution in [0, 0.1) is 0 Å². The molecule has 0 heterocycles. The third-order valence-corrected chi connectivity index (χ3v) is 3.41. The summed E-state index contributed by atoms with van der Waals surface area (Å²) in [6, 6.07) is 17.5. The second-order valence-electron chi connectivity index (χ2n) is 5.05. The van der Waals surface area contributed by atoms with Crippen molar-refractivity contribution in [3.8, 4) is 0 Å². The van der Waals surface area contributed by atoms with E-state index in [1.807, 2.05) is 54.6 Å². The first kappa shape index (κ1) is 14.2. The maximum absolute atomic E-state index is 11.5. The van der Waals surface area contributed by atoms with Gasteiger partial charge in [0.1, 0.15) is 5.78 Å². The average Bonchev–Trinajstić information content (AvgIpc) is 2.45. The van der Waals surface area contributed by atoms with Crippen LogP contribution in [0.5, 0.6) is 0 Å². The highest BCUT2D eigenvalue weighted by Crippen LogP contribution is 2.28. The molecule has 2 nitrogen and oxygen atoms in total. The van der Waals surface area contributed by atoms with E-state index in [4.69, 9.17) is 0 Å². The van der Waals surface area contributed by atoms with E-state index < -0.39 is 0 Å². The van der Waals surface area contributed by atoms with Gasteiger partial charge in [0, 0.05) is 17.9 Å². The Labute approximate surface area is 119 Å². The fraction of sp³-hybridized carbons (Fsp3) is 0.222. The van der Waals surface area contributed by atoms with Crippen molar-refractivity contribution in [3.05, 3.63) is 71.3 Å². The Hall–Kier alpha value is -2.22. The van der Waals surface area contributed by atoms with Gasteiger partial charge in [0.25, 0.3) is 0 Å². The SMILES string of the molecule is CC(=O)CC(c1ccccc1)c1ccc(C(C)=O)cc1. The Morgan fingerprint density at radius 3 is 1.90 bits per heavy atom. The van der Waals surface area contributed by atoms with Gasteiger partial charge in [-0.15, -0.1) is 0 Å². The minimum absolute atomic E-state index is 0.0507. The van der Waals surface area contributed by atoms with Gasteiger partial charge in [-0.2, -0.15) is 0 Å². The molecule has 1 unspecified atom stereocenters. The lowest BCUT2D eigenvalue weighted by Crippen LogP contribution is -2.06. The van der Waals surface area contributed by atoms with Crippen LogP contribution in [0.1, 0.15) is 47.7 Å². The lowest BCUT2D eigenvalue weighted by atomic mass is 9.87. The molecule has 0 saturated carbocycles. The molecular formula is C18H18O2. The summed E-state index contributed by atoms with van der Waals surface area (Å²) in [5.41, 5.74) is 2.89. The molecule has 2 aromatic rings. The van der Waals surface area contributed by atoms with Crippen LogP contribution in [0.15, 0.2) is 54.6 Å². The molecule has 0 spiro atoms. The van der Waals surface area contributed by atoms with Gasteiger partial charge in [0.15, 0.2) is 5.78 Å². The van der Waals surface area contributed by atoms with Crippen LogP contribution < -0.4 is 0 Å². The Kier molecular flexibility index (Phi) is 4.46. The van der Waals surface area contributed by atoms with Gasteiger partial charge >= 0.3 is 0 Å². The van der Waals surface area contributed by atoms with Crippen molar-refractivity contribution >= 4 is 11.6 Å².